The smallest absolute Gasteiger partial charge is 0.227 e. The lowest BCUT2D eigenvalue weighted by Gasteiger charge is -2.28. The number of ether oxygens (including phenoxy) is 1. The van der Waals surface area contributed by atoms with E-state index in [-0.39, 0.29) is 17.5 Å². The van der Waals surface area contributed by atoms with E-state index in [0.717, 1.165) is 42.3 Å². The number of aromatic nitrogens is 2. The second-order valence-electron chi connectivity index (χ2n) is 7.15. The third-order valence-corrected chi connectivity index (χ3v) is 5.18. The molecule has 1 saturated heterocycles. The molecule has 0 radical (unpaired) electrons. The van der Waals surface area contributed by atoms with Crippen LogP contribution in [0.1, 0.15) is 23.2 Å². The molecule has 1 atom stereocenters. The predicted molar refractivity (Wildman–Crippen MR) is 100 cm³/mol. The number of hydrogen-bond donors (Lipinski definition) is 1. The van der Waals surface area contributed by atoms with Gasteiger partial charge in [0.1, 0.15) is 5.82 Å². The summed E-state index contributed by atoms with van der Waals surface area (Å²) in [6.07, 6.45) is 3.84. The number of carbonyl (C=O) groups is 1. The average Bonchev–Trinajstić information content (AvgIpc) is 2.70. The van der Waals surface area contributed by atoms with Gasteiger partial charge in [-0.25, -0.2) is 14.4 Å². The molecule has 0 unspecified atom stereocenters. The van der Waals surface area contributed by atoms with Crippen molar-refractivity contribution < 1.29 is 13.9 Å². The van der Waals surface area contributed by atoms with Gasteiger partial charge in [-0.3, -0.25) is 4.79 Å². The SMILES string of the molecule is Cc1ccc(NC(=O)[C@@H]2CCc3nc(N4CCOCC4)ncc3C2)c(F)c1. The monoisotopic (exact) mass is 370 g/mol. The van der Waals surface area contributed by atoms with Crippen molar-refractivity contribution in [1.29, 1.82) is 0 Å². The first-order chi connectivity index (χ1) is 13.1. The van der Waals surface area contributed by atoms with E-state index in [1.165, 1.54) is 6.07 Å². The van der Waals surface area contributed by atoms with Gasteiger partial charge in [0.2, 0.25) is 11.9 Å². The third kappa shape index (κ3) is 3.93. The van der Waals surface area contributed by atoms with Crippen molar-refractivity contribution in [3.05, 3.63) is 47.0 Å². The van der Waals surface area contributed by atoms with Crippen LogP contribution in [0.4, 0.5) is 16.0 Å². The molecule has 1 aromatic heterocycles. The van der Waals surface area contributed by atoms with Gasteiger partial charge in [0, 0.05) is 30.9 Å². The largest absolute Gasteiger partial charge is 0.378 e. The van der Waals surface area contributed by atoms with Crippen LogP contribution in [0.5, 0.6) is 0 Å². The number of morpholine rings is 1. The topological polar surface area (TPSA) is 67.4 Å². The Morgan fingerprint density at radius 3 is 2.93 bits per heavy atom. The molecule has 4 rings (SSSR count). The summed E-state index contributed by atoms with van der Waals surface area (Å²) in [7, 11) is 0. The number of fused-ring (bicyclic) bond motifs is 1. The maximum atomic E-state index is 14.0. The summed E-state index contributed by atoms with van der Waals surface area (Å²) in [5, 5.41) is 2.72. The fourth-order valence-electron chi connectivity index (χ4n) is 3.59. The van der Waals surface area contributed by atoms with Gasteiger partial charge in [-0.2, -0.15) is 0 Å². The molecule has 142 valence electrons. The summed E-state index contributed by atoms with van der Waals surface area (Å²) in [6, 6.07) is 4.82. The summed E-state index contributed by atoms with van der Waals surface area (Å²) in [5.74, 6) is -0.0172. The minimum atomic E-state index is -0.405. The molecule has 0 spiro atoms. The molecular weight excluding hydrogens is 347 g/mol. The molecule has 7 heteroatoms. The number of aryl methyl sites for hydroxylation is 2. The van der Waals surface area contributed by atoms with Crippen LogP contribution in [-0.4, -0.2) is 42.2 Å². The Labute approximate surface area is 157 Å². The van der Waals surface area contributed by atoms with Gasteiger partial charge in [0.15, 0.2) is 0 Å². The molecule has 1 amide bonds. The van der Waals surface area contributed by atoms with Crippen LogP contribution in [0.15, 0.2) is 24.4 Å². The highest BCUT2D eigenvalue weighted by Gasteiger charge is 2.27. The molecule has 6 nitrogen and oxygen atoms in total. The van der Waals surface area contributed by atoms with Crippen LogP contribution in [0.2, 0.25) is 0 Å². The van der Waals surface area contributed by atoms with E-state index in [0.29, 0.717) is 26.1 Å². The number of rotatable bonds is 3. The van der Waals surface area contributed by atoms with Crippen molar-refractivity contribution in [2.24, 2.45) is 5.92 Å². The van der Waals surface area contributed by atoms with Gasteiger partial charge in [-0.1, -0.05) is 6.07 Å². The van der Waals surface area contributed by atoms with Crippen molar-refractivity contribution in [3.63, 3.8) is 0 Å². The number of nitrogens with one attached hydrogen (secondary N) is 1. The van der Waals surface area contributed by atoms with Crippen molar-refractivity contribution in [2.75, 3.05) is 36.5 Å². The number of carbonyl (C=O) groups excluding carboxylic acids is 1. The zero-order valence-electron chi connectivity index (χ0n) is 15.4. The van der Waals surface area contributed by atoms with Crippen LogP contribution in [0.25, 0.3) is 0 Å². The summed E-state index contributed by atoms with van der Waals surface area (Å²) >= 11 is 0. The molecular formula is C20H23FN4O2. The van der Waals surface area contributed by atoms with Crippen molar-refractivity contribution in [1.82, 2.24) is 9.97 Å². The Bertz CT molecular complexity index is 852. The lowest BCUT2D eigenvalue weighted by atomic mass is 9.86. The normalized spacial score (nSPS) is 19.5. The standard InChI is InChI=1S/C20H23FN4O2/c1-13-2-4-18(16(21)10-13)23-19(26)14-3-5-17-15(11-14)12-22-20(24-17)25-6-8-27-9-7-25/h2,4,10,12,14H,3,5-9,11H2,1H3,(H,23,26)/t14-/m1/s1. The van der Waals surface area contributed by atoms with Gasteiger partial charge >= 0.3 is 0 Å². The molecule has 1 aliphatic heterocycles. The number of halogens is 1. The summed E-state index contributed by atoms with van der Waals surface area (Å²) in [5.41, 5.74) is 3.07. The molecule has 27 heavy (non-hydrogen) atoms. The molecule has 1 N–H and O–H groups in total. The second-order valence-corrected chi connectivity index (χ2v) is 7.15. The van der Waals surface area contributed by atoms with Gasteiger partial charge < -0.3 is 15.0 Å². The Morgan fingerprint density at radius 2 is 2.15 bits per heavy atom. The van der Waals surface area contributed by atoms with Crippen molar-refractivity contribution in [3.8, 4) is 0 Å². The molecule has 0 saturated carbocycles. The lowest BCUT2D eigenvalue weighted by molar-refractivity contribution is -0.120. The van der Waals surface area contributed by atoms with Gasteiger partial charge in [-0.15, -0.1) is 0 Å². The van der Waals surface area contributed by atoms with E-state index < -0.39 is 5.82 Å². The van der Waals surface area contributed by atoms with Gasteiger partial charge in [0.05, 0.1) is 18.9 Å². The number of nitrogens with zero attached hydrogens (tertiary/aromatic N) is 3. The van der Waals surface area contributed by atoms with Crippen LogP contribution in [-0.2, 0) is 22.4 Å². The van der Waals surface area contributed by atoms with E-state index in [9.17, 15) is 9.18 Å². The predicted octanol–water partition coefficient (Wildman–Crippen LogP) is 2.50. The summed E-state index contributed by atoms with van der Waals surface area (Å²) < 4.78 is 19.4. The lowest BCUT2D eigenvalue weighted by Crippen LogP contribution is -2.38. The first-order valence-electron chi connectivity index (χ1n) is 9.34. The molecule has 0 bridgehead atoms. The van der Waals surface area contributed by atoms with Gasteiger partial charge in [0.25, 0.3) is 0 Å². The number of anilines is 2. The number of hydrogen-bond acceptors (Lipinski definition) is 5. The summed E-state index contributed by atoms with van der Waals surface area (Å²) in [6.45, 7) is 4.80. The van der Waals surface area contributed by atoms with E-state index in [1.54, 1.807) is 12.1 Å². The third-order valence-electron chi connectivity index (χ3n) is 5.18. The Kier molecular flexibility index (Phi) is 5.03. The molecule has 2 heterocycles. The Morgan fingerprint density at radius 1 is 1.33 bits per heavy atom. The first kappa shape index (κ1) is 17.9. The van der Waals surface area contributed by atoms with Crippen LogP contribution in [0, 0.1) is 18.7 Å². The average molecular weight is 370 g/mol. The fraction of sp³-hybridized carbons (Fsp3) is 0.450. The van der Waals surface area contributed by atoms with E-state index in [2.05, 4.69) is 15.2 Å². The molecule has 2 aromatic rings. The van der Waals surface area contributed by atoms with Crippen molar-refractivity contribution in [2.45, 2.75) is 26.2 Å². The van der Waals surface area contributed by atoms with E-state index in [4.69, 9.17) is 9.72 Å². The molecule has 1 aliphatic carbocycles. The highest BCUT2D eigenvalue weighted by molar-refractivity contribution is 5.93. The fourth-order valence-corrected chi connectivity index (χ4v) is 3.59. The highest BCUT2D eigenvalue weighted by Crippen LogP contribution is 2.27. The van der Waals surface area contributed by atoms with Crippen molar-refractivity contribution >= 4 is 17.5 Å². The first-order valence-corrected chi connectivity index (χ1v) is 9.34. The van der Waals surface area contributed by atoms with Gasteiger partial charge in [-0.05, 0) is 49.4 Å². The quantitative estimate of drug-likeness (QED) is 0.899. The molecule has 1 aromatic carbocycles. The Balaban J connectivity index is 1.44. The minimum absolute atomic E-state index is 0.152. The Hall–Kier alpha value is -2.54. The van der Waals surface area contributed by atoms with Crippen LogP contribution < -0.4 is 10.2 Å². The summed E-state index contributed by atoms with van der Waals surface area (Å²) in [4.78, 5) is 23.9. The molecule has 1 fully saturated rings. The maximum Gasteiger partial charge on any atom is 0.227 e. The van der Waals surface area contributed by atoms with E-state index >= 15 is 0 Å². The van der Waals surface area contributed by atoms with Crippen LogP contribution >= 0.6 is 0 Å². The molecule has 2 aliphatic rings. The minimum Gasteiger partial charge on any atom is -0.378 e. The number of benzene rings is 1. The maximum absolute atomic E-state index is 14.0. The highest BCUT2D eigenvalue weighted by atomic mass is 19.1. The zero-order valence-corrected chi connectivity index (χ0v) is 15.4. The van der Waals surface area contributed by atoms with E-state index in [1.807, 2.05) is 13.1 Å². The number of amides is 1. The second kappa shape index (κ2) is 7.60. The van der Waals surface area contributed by atoms with Crippen LogP contribution in [0.3, 0.4) is 0 Å². The zero-order chi connectivity index (χ0) is 18.8.